The molecule has 17 heavy (non-hydrogen) atoms. The van der Waals surface area contributed by atoms with Gasteiger partial charge in [0.15, 0.2) is 0 Å². The zero-order valence-electron chi connectivity index (χ0n) is 9.75. The Hall–Kier alpha value is -1.34. The van der Waals surface area contributed by atoms with Gasteiger partial charge in [-0.05, 0) is 31.7 Å². The Morgan fingerprint density at radius 2 is 2.06 bits per heavy atom. The van der Waals surface area contributed by atoms with E-state index in [0.29, 0.717) is 11.3 Å². The van der Waals surface area contributed by atoms with Crippen LogP contribution in [0.5, 0.6) is 0 Å². The number of benzene rings is 1. The van der Waals surface area contributed by atoms with E-state index in [9.17, 15) is 12.8 Å². The minimum Gasteiger partial charge on any atom is -0.397 e. The van der Waals surface area contributed by atoms with Crippen LogP contribution in [0.1, 0.15) is 5.56 Å². The molecule has 7 heteroatoms. The first-order valence-electron chi connectivity index (χ1n) is 5.06. The summed E-state index contributed by atoms with van der Waals surface area (Å²) in [5, 5.41) is 2.86. The largest absolute Gasteiger partial charge is 0.397 e. The van der Waals surface area contributed by atoms with Gasteiger partial charge in [-0.3, -0.25) is 0 Å². The Morgan fingerprint density at radius 3 is 2.65 bits per heavy atom. The second-order valence-corrected chi connectivity index (χ2v) is 5.68. The highest BCUT2D eigenvalue weighted by molar-refractivity contribution is 7.89. The van der Waals surface area contributed by atoms with E-state index in [1.165, 1.54) is 13.1 Å². The summed E-state index contributed by atoms with van der Waals surface area (Å²) in [5.74, 6) is -0.449. The lowest BCUT2D eigenvalue weighted by Crippen LogP contribution is -2.26. The fourth-order valence-corrected chi connectivity index (χ4v) is 1.85. The highest BCUT2D eigenvalue weighted by Crippen LogP contribution is 2.22. The van der Waals surface area contributed by atoms with Crippen molar-refractivity contribution in [3.8, 4) is 0 Å². The summed E-state index contributed by atoms with van der Waals surface area (Å²) in [6, 6.07) is 2.76. The number of nitrogens with one attached hydrogen (secondary N) is 2. The zero-order chi connectivity index (χ0) is 13.1. The van der Waals surface area contributed by atoms with Gasteiger partial charge in [0.1, 0.15) is 5.82 Å². The van der Waals surface area contributed by atoms with Gasteiger partial charge in [0.05, 0.1) is 17.1 Å². The molecule has 0 aliphatic heterocycles. The van der Waals surface area contributed by atoms with Crippen LogP contribution in [0.25, 0.3) is 0 Å². The molecule has 0 heterocycles. The van der Waals surface area contributed by atoms with Crippen LogP contribution in [-0.2, 0) is 10.0 Å². The summed E-state index contributed by atoms with van der Waals surface area (Å²) in [6.07, 6.45) is 0. The van der Waals surface area contributed by atoms with Gasteiger partial charge in [0.25, 0.3) is 0 Å². The molecule has 0 aliphatic carbocycles. The molecule has 4 N–H and O–H groups in total. The van der Waals surface area contributed by atoms with E-state index < -0.39 is 10.0 Å². The number of hydrogen-bond acceptors (Lipinski definition) is 4. The first-order chi connectivity index (χ1) is 7.85. The number of nitrogens with two attached hydrogens (primary N) is 1. The maximum atomic E-state index is 13.1. The maximum absolute atomic E-state index is 13.1. The maximum Gasteiger partial charge on any atom is 0.213 e. The third-order valence-electron chi connectivity index (χ3n) is 2.33. The standard InChI is InChI=1S/C10H16FN3O2S/c1-7-5-10(9(12)6-8(7)11)14-3-4-17(15,16)13-2/h5-6,13-14H,3-4,12H2,1-2H3. The summed E-state index contributed by atoms with van der Waals surface area (Å²) in [6.45, 7) is 1.82. The van der Waals surface area contributed by atoms with E-state index in [-0.39, 0.29) is 23.8 Å². The zero-order valence-corrected chi connectivity index (χ0v) is 10.6. The number of rotatable bonds is 5. The third-order valence-corrected chi connectivity index (χ3v) is 3.69. The summed E-state index contributed by atoms with van der Waals surface area (Å²) in [4.78, 5) is 0. The van der Waals surface area contributed by atoms with E-state index in [0.717, 1.165) is 0 Å². The van der Waals surface area contributed by atoms with Crippen LogP contribution >= 0.6 is 0 Å². The molecule has 0 bridgehead atoms. The van der Waals surface area contributed by atoms with Crippen molar-refractivity contribution in [2.45, 2.75) is 6.92 Å². The highest BCUT2D eigenvalue weighted by Gasteiger charge is 2.08. The van der Waals surface area contributed by atoms with Crippen LogP contribution in [0.15, 0.2) is 12.1 Å². The predicted molar refractivity (Wildman–Crippen MR) is 66.9 cm³/mol. The van der Waals surface area contributed by atoms with E-state index in [2.05, 4.69) is 10.0 Å². The van der Waals surface area contributed by atoms with Crippen LogP contribution in [0.2, 0.25) is 0 Å². The third kappa shape index (κ3) is 3.86. The molecule has 0 spiro atoms. The molecule has 5 nitrogen and oxygen atoms in total. The quantitative estimate of drug-likeness (QED) is 0.680. The van der Waals surface area contributed by atoms with Gasteiger partial charge in [-0.15, -0.1) is 0 Å². The Labute approximate surface area is 100 Å². The molecule has 0 radical (unpaired) electrons. The number of nitrogen functional groups attached to an aromatic ring is 1. The minimum absolute atomic E-state index is 0.0701. The molecule has 1 rings (SSSR count). The van der Waals surface area contributed by atoms with Crippen molar-refractivity contribution in [2.24, 2.45) is 0 Å². The van der Waals surface area contributed by atoms with Crippen molar-refractivity contribution in [3.63, 3.8) is 0 Å². The van der Waals surface area contributed by atoms with Gasteiger partial charge in [-0.25, -0.2) is 17.5 Å². The molecule has 0 atom stereocenters. The number of sulfonamides is 1. The topological polar surface area (TPSA) is 84.2 Å². The van der Waals surface area contributed by atoms with Crippen LogP contribution in [0, 0.1) is 12.7 Å². The first-order valence-corrected chi connectivity index (χ1v) is 6.71. The van der Waals surface area contributed by atoms with Crippen molar-refractivity contribution in [1.82, 2.24) is 4.72 Å². The number of halogens is 1. The fourth-order valence-electron chi connectivity index (χ4n) is 1.27. The van der Waals surface area contributed by atoms with Crippen LogP contribution < -0.4 is 15.8 Å². The second-order valence-electron chi connectivity index (χ2n) is 3.64. The summed E-state index contributed by atoms with van der Waals surface area (Å²) >= 11 is 0. The summed E-state index contributed by atoms with van der Waals surface area (Å²) < 4.78 is 37.6. The molecule has 0 fully saturated rings. The van der Waals surface area contributed by atoms with Gasteiger partial charge in [0, 0.05) is 6.54 Å². The van der Waals surface area contributed by atoms with Gasteiger partial charge >= 0.3 is 0 Å². The molecule has 0 amide bonds. The van der Waals surface area contributed by atoms with Crippen LogP contribution in [-0.4, -0.2) is 27.8 Å². The Balaban J connectivity index is 2.68. The van der Waals surface area contributed by atoms with Gasteiger partial charge < -0.3 is 11.1 Å². The predicted octanol–water partition coefficient (Wildman–Crippen LogP) is 0.677. The molecule has 96 valence electrons. The SMILES string of the molecule is CNS(=O)(=O)CCNc1cc(C)c(F)cc1N. The van der Waals surface area contributed by atoms with Crippen molar-refractivity contribution < 1.29 is 12.8 Å². The molecule has 0 unspecified atom stereocenters. The Kier molecular flexibility index (Phi) is 4.30. The summed E-state index contributed by atoms with van der Waals surface area (Å²) in [5.41, 5.74) is 6.86. The molecular weight excluding hydrogens is 245 g/mol. The Bertz CT molecular complexity index is 503. The second kappa shape index (κ2) is 5.33. The smallest absolute Gasteiger partial charge is 0.213 e. The monoisotopic (exact) mass is 261 g/mol. The van der Waals surface area contributed by atoms with Crippen LogP contribution in [0.4, 0.5) is 15.8 Å². The van der Waals surface area contributed by atoms with Crippen molar-refractivity contribution in [1.29, 1.82) is 0 Å². The van der Waals surface area contributed by atoms with Gasteiger partial charge in [-0.1, -0.05) is 0 Å². The van der Waals surface area contributed by atoms with E-state index in [1.54, 1.807) is 13.0 Å². The van der Waals surface area contributed by atoms with Crippen molar-refractivity contribution in [3.05, 3.63) is 23.5 Å². The number of anilines is 2. The summed E-state index contributed by atoms with van der Waals surface area (Å²) in [7, 11) is -1.90. The molecule has 0 saturated heterocycles. The first kappa shape index (κ1) is 13.7. The van der Waals surface area contributed by atoms with E-state index >= 15 is 0 Å². The molecule has 0 aliphatic rings. The average molecular weight is 261 g/mol. The van der Waals surface area contributed by atoms with Crippen LogP contribution in [0.3, 0.4) is 0 Å². The fraction of sp³-hybridized carbons (Fsp3) is 0.400. The lowest BCUT2D eigenvalue weighted by Gasteiger charge is -2.10. The minimum atomic E-state index is -3.25. The molecular formula is C10H16FN3O2S. The molecule has 0 aromatic heterocycles. The number of aryl methyl sites for hydroxylation is 1. The molecule has 0 saturated carbocycles. The average Bonchev–Trinajstić information content (AvgIpc) is 2.25. The lowest BCUT2D eigenvalue weighted by atomic mass is 10.2. The number of hydrogen-bond donors (Lipinski definition) is 3. The molecule has 1 aromatic carbocycles. The van der Waals surface area contributed by atoms with Gasteiger partial charge in [0.2, 0.25) is 10.0 Å². The lowest BCUT2D eigenvalue weighted by molar-refractivity contribution is 0.588. The van der Waals surface area contributed by atoms with E-state index in [1.807, 2.05) is 0 Å². The van der Waals surface area contributed by atoms with Crippen molar-refractivity contribution in [2.75, 3.05) is 30.4 Å². The Morgan fingerprint density at radius 1 is 1.41 bits per heavy atom. The normalized spacial score (nSPS) is 11.5. The highest BCUT2D eigenvalue weighted by atomic mass is 32.2. The van der Waals surface area contributed by atoms with Crippen molar-refractivity contribution >= 4 is 21.4 Å². The molecule has 1 aromatic rings. The van der Waals surface area contributed by atoms with Gasteiger partial charge in [-0.2, -0.15) is 0 Å². The van der Waals surface area contributed by atoms with E-state index in [4.69, 9.17) is 5.73 Å².